The van der Waals surface area contributed by atoms with Crippen LogP contribution in [-0.4, -0.2) is 12.6 Å². The normalized spacial score (nSPS) is 14.5. The van der Waals surface area contributed by atoms with Gasteiger partial charge in [0.1, 0.15) is 0 Å². The number of alkyl halides is 3. The van der Waals surface area contributed by atoms with E-state index in [0.717, 1.165) is 11.6 Å². The molecule has 2 nitrogen and oxygen atoms in total. The maximum Gasteiger partial charge on any atom is 0.416 e. The average molecular weight is 322 g/mol. The molecule has 0 bridgehead atoms. The van der Waals surface area contributed by atoms with Crippen LogP contribution in [0, 0.1) is 0 Å². The standard InChI is InChI=1S/C18H21F3N2/c1-13(22)17(15-7-3-2-4-8-15)12-23-11-14-6-5-9-16(10-14)18(19,20)21/h2-10,13,17,23H,11-12,22H2,1H3/t13-,17-/m0/s1. The number of nitrogens with two attached hydrogens (primary N) is 1. The maximum atomic E-state index is 12.7. The summed E-state index contributed by atoms with van der Waals surface area (Å²) in [5, 5.41) is 3.21. The summed E-state index contributed by atoms with van der Waals surface area (Å²) in [6.07, 6.45) is -4.31. The molecule has 2 aromatic carbocycles. The zero-order valence-electron chi connectivity index (χ0n) is 13.0. The van der Waals surface area contributed by atoms with E-state index < -0.39 is 11.7 Å². The third-order valence-electron chi connectivity index (χ3n) is 3.81. The zero-order chi connectivity index (χ0) is 16.9. The lowest BCUT2D eigenvalue weighted by Gasteiger charge is -2.22. The van der Waals surface area contributed by atoms with Crippen LogP contribution in [0.25, 0.3) is 0 Å². The van der Waals surface area contributed by atoms with Crippen LogP contribution in [-0.2, 0) is 12.7 Å². The Balaban J connectivity index is 1.98. The Morgan fingerprint density at radius 2 is 1.74 bits per heavy atom. The van der Waals surface area contributed by atoms with Crippen molar-refractivity contribution in [2.75, 3.05) is 6.54 Å². The van der Waals surface area contributed by atoms with E-state index in [1.807, 2.05) is 37.3 Å². The molecule has 2 atom stereocenters. The van der Waals surface area contributed by atoms with Gasteiger partial charge in [0, 0.05) is 25.0 Å². The Hall–Kier alpha value is -1.85. The summed E-state index contributed by atoms with van der Waals surface area (Å²) < 4.78 is 38.1. The summed E-state index contributed by atoms with van der Waals surface area (Å²) in [5.41, 5.74) is 7.15. The van der Waals surface area contributed by atoms with E-state index in [0.29, 0.717) is 18.7 Å². The molecule has 0 fully saturated rings. The zero-order valence-corrected chi connectivity index (χ0v) is 13.0. The molecule has 0 saturated heterocycles. The van der Waals surface area contributed by atoms with Crippen molar-refractivity contribution < 1.29 is 13.2 Å². The van der Waals surface area contributed by atoms with Crippen molar-refractivity contribution in [2.45, 2.75) is 31.6 Å². The van der Waals surface area contributed by atoms with Gasteiger partial charge in [0.15, 0.2) is 0 Å². The van der Waals surface area contributed by atoms with Crippen molar-refractivity contribution in [2.24, 2.45) is 5.73 Å². The quantitative estimate of drug-likeness (QED) is 0.846. The van der Waals surface area contributed by atoms with Gasteiger partial charge in [-0.2, -0.15) is 13.2 Å². The van der Waals surface area contributed by atoms with E-state index in [1.54, 1.807) is 6.07 Å². The molecule has 0 heterocycles. The van der Waals surface area contributed by atoms with Gasteiger partial charge in [-0.1, -0.05) is 48.5 Å². The molecule has 0 unspecified atom stereocenters. The monoisotopic (exact) mass is 322 g/mol. The molecule has 124 valence electrons. The first-order valence-corrected chi connectivity index (χ1v) is 7.55. The first kappa shape index (κ1) is 17.5. The topological polar surface area (TPSA) is 38.0 Å². The van der Waals surface area contributed by atoms with Crippen LogP contribution in [0.2, 0.25) is 0 Å². The Kier molecular flexibility index (Phi) is 5.80. The molecular weight excluding hydrogens is 301 g/mol. The van der Waals surface area contributed by atoms with Crippen molar-refractivity contribution >= 4 is 0 Å². The van der Waals surface area contributed by atoms with Gasteiger partial charge in [0.05, 0.1) is 5.56 Å². The van der Waals surface area contributed by atoms with E-state index in [4.69, 9.17) is 5.73 Å². The Morgan fingerprint density at radius 3 is 2.35 bits per heavy atom. The van der Waals surface area contributed by atoms with Crippen LogP contribution in [0.5, 0.6) is 0 Å². The Labute approximate surface area is 134 Å². The Morgan fingerprint density at radius 1 is 1.04 bits per heavy atom. The fourth-order valence-corrected chi connectivity index (χ4v) is 2.54. The van der Waals surface area contributed by atoms with Gasteiger partial charge < -0.3 is 11.1 Å². The summed E-state index contributed by atoms with van der Waals surface area (Å²) in [5.74, 6) is 0.113. The minimum atomic E-state index is -4.31. The first-order valence-electron chi connectivity index (χ1n) is 7.55. The predicted octanol–water partition coefficient (Wildman–Crippen LogP) is 3.93. The first-order chi connectivity index (χ1) is 10.9. The second kappa shape index (κ2) is 7.62. The maximum absolute atomic E-state index is 12.7. The smallest absolute Gasteiger partial charge is 0.327 e. The fourth-order valence-electron chi connectivity index (χ4n) is 2.54. The van der Waals surface area contributed by atoms with E-state index in [9.17, 15) is 13.2 Å². The number of hydrogen-bond acceptors (Lipinski definition) is 2. The molecule has 2 rings (SSSR count). The molecule has 2 aromatic rings. The van der Waals surface area contributed by atoms with E-state index >= 15 is 0 Å². The second-order valence-electron chi connectivity index (χ2n) is 5.71. The predicted molar refractivity (Wildman–Crippen MR) is 86.0 cm³/mol. The highest BCUT2D eigenvalue weighted by atomic mass is 19.4. The highest BCUT2D eigenvalue weighted by Gasteiger charge is 2.30. The minimum absolute atomic E-state index is 0.0496. The highest BCUT2D eigenvalue weighted by molar-refractivity contribution is 5.26. The number of rotatable bonds is 6. The molecule has 0 aliphatic rings. The molecule has 0 aliphatic carbocycles. The molecule has 0 radical (unpaired) electrons. The van der Waals surface area contributed by atoms with Gasteiger partial charge in [-0.3, -0.25) is 0 Å². The van der Waals surface area contributed by atoms with Gasteiger partial charge in [0.25, 0.3) is 0 Å². The lowest BCUT2D eigenvalue weighted by molar-refractivity contribution is -0.137. The summed E-state index contributed by atoms with van der Waals surface area (Å²) in [7, 11) is 0. The summed E-state index contributed by atoms with van der Waals surface area (Å²) in [4.78, 5) is 0. The van der Waals surface area contributed by atoms with Gasteiger partial charge >= 0.3 is 6.18 Å². The number of benzene rings is 2. The van der Waals surface area contributed by atoms with Crippen molar-refractivity contribution in [1.29, 1.82) is 0 Å². The van der Waals surface area contributed by atoms with Crippen LogP contribution in [0.3, 0.4) is 0 Å². The van der Waals surface area contributed by atoms with Crippen LogP contribution in [0.1, 0.15) is 29.5 Å². The van der Waals surface area contributed by atoms with Crippen molar-refractivity contribution in [3.8, 4) is 0 Å². The lowest BCUT2D eigenvalue weighted by atomic mass is 9.93. The molecule has 0 aliphatic heterocycles. The molecule has 0 saturated carbocycles. The SMILES string of the molecule is C[C@H](N)[C@H](CNCc1cccc(C(F)(F)F)c1)c1ccccc1. The van der Waals surface area contributed by atoms with E-state index in [-0.39, 0.29) is 12.0 Å². The van der Waals surface area contributed by atoms with Crippen LogP contribution >= 0.6 is 0 Å². The van der Waals surface area contributed by atoms with E-state index in [1.165, 1.54) is 12.1 Å². The van der Waals surface area contributed by atoms with Gasteiger partial charge in [-0.15, -0.1) is 0 Å². The molecule has 0 spiro atoms. The van der Waals surface area contributed by atoms with Gasteiger partial charge in [-0.25, -0.2) is 0 Å². The minimum Gasteiger partial charge on any atom is -0.327 e. The molecule has 3 N–H and O–H groups in total. The Bertz CT molecular complexity index is 609. The fraction of sp³-hybridized carbons (Fsp3) is 0.333. The number of halogens is 3. The van der Waals surface area contributed by atoms with Crippen molar-refractivity contribution in [3.05, 3.63) is 71.3 Å². The van der Waals surface area contributed by atoms with Crippen LogP contribution < -0.4 is 11.1 Å². The average Bonchev–Trinajstić information content (AvgIpc) is 2.51. The highest BCUT2D eigenvalue weighted by Crippen LogP contribution is 2.29. The molecule has 0 amide bonds. The van der Waals surface area contributed by atoms with Crippen molar-refractivity contribution in [1.82, 2.24) is 5.32 Å². The third-order valence-corrected chi connectivity index (χ3v) is 3.81. The van der Waals surface area contributed by atoms with Crippen LogP contribution in [0.4, 0.5) is 13.2 Å². The third kappa shape index (κ3) is 5.08. The van der Waals surface area contributed by atoms with E-state index in [2.05, 4.69) is 5.32 Å². The summed E-state index contributed by atoms with van der Waals surface area (Å²) >= 11 is 0. The summed E-state index contributed by atoms with van der Waals surface area (Å²) in [6, 6.07) is 15.2. The molecule has 23 heavy (non-hydrogen) atoms. The number of nitrogens with one attached hydrogen (secondary N) is 1. The largest absolute Gasteiger partial charge is 0.416 e. The van der Waals surface area contributed by atoms with Crippen LogP contribution in [0.15, 0.2) is 54.6 Å². The number of hydrogen-bond donors (Lipinski definition) is 2. The second-order valence-corrected chi connectivity index (χ2v) is 5.71. The molecular formula is C18H21F3N2. The summed E-state index contributed by atoms with van der Waals surface area (Å²) in [6.45, 7) is 2.92. The molecule has 5 heteroatoms. The van der Waals surface area contributed by atoms with Gasteiger partial charge in [-0.05, 0) is 24.1 Å². The lowest BCUT2D eigenvalue weighted by Crippen LogP contribution is -2.33. The molecule has 0 aromatic heterocycles. The van der Waals surface area contributed by atoms with Gasteiger partial charge in [0.2, 0.25) is 0 Å². The van der Waals surface area contributed by atoms with Crippen molar-refractivity contribution in [3.63, 3.8) is 0 Å².